The van der Waals surface area contributed by atoms with Crippen molar-refractivity contribution in [1.82, 2.24) is 15.3 Å². The molecule has 0 bridgehead atoms. The Labute approximate surface area is 112 Å². The second-order valence-electron chi connectivity index (χ2n) is 4.49. The SMILES string of the molecule is COc1cc(C)nc(NS(=O)(=O)C2CCCNC2)n1. The number of aryl methyl sites for hydroxylation is 1. The van der Waals surface area contributed by atoms with Gasteiger partial charge in [0.25, 0.3) is 0 Å². The van der Waals surface area contributed by atoms with Gasteiger partial charge in [-0.1, -0.05) is 0 Å². The number of hydrogen-bond donors (Lipinski definition) is 2. The van der Waals surface area contributed by atoms with E-state index in [0.29, 0.717) is 24.5 Å². The number of nitrogens with zero attached hydrogens (tertiary/aromatic N) is 2. The number of nitrogens with one attached hydrogen (secondary N) is 2. The predicted molar refractivity (Wildman–Crippen MR) is 71.8 cm³/mol. The van der Waals surface area contributed by atoms with Crippen molar-refractivity contribution < 1.29 is 13.2 Å². The molecule has 106 valence electrons. The molecular formula is C11H18N4O3S. The number of methoxy groups -OCH3 is 1. The van der Waals surface area contributed by atoms with Crippen molar-refractivity contribution in [3.8, 4) is 5.88 Å². The van der Waals surface area contributed by atoms with Crippen molar-refractivity contribution in [2.24, 2.45) is 0 Å². The Kier molecular flexibility index (Phi) is 4.20. The van der Waals surface area contributed by atoms with Gasteiger partial charge >= 0.3 is 0 Å². The van der Waals surface area contributed by atoms with Gasteiger partial charge in [-0.25, -0.2) is 13.4 Å². The highest BCUT2D eigenvalue weighted by molar-refractivity contribution is 7.93. The maximum absolute atomic E-state index is 12.2. The van der Waals surface area contributed by atoms with Crippen molar-refractivity contribution in [2.75, 3.05) is 24.9 Å². The number of piperidine rings is 1. The lowest BCUT2D eigenvalue weighted by molar-refractivity contribution is 0.397. The van der Waals surface area contributed by atoms with E-state index < -0.39 is 15.3 Å². The molecule has 1 unspecified atom stereocenters. The molecular weight excluding hydrogens is 268 g/mol. The van der Waals surface area contributed by atoms with Gasteiger partial charge in [0.2, 0.25) is 21.9 Å². The number of rotatable bonds is 4. The fourth-order valence-electron chi connectivity index (χ4n) is 1.99. The monoisotopic (exact) mass is 286 g/mol. The lowest BCUT2D eigenvalue weighted by atomic mass is 10.2. The lowest BCUT2D eigenvalue weighted by Gasteiger charge is -2.22. The molecule has 1 fully saturated rings. The summed E-state index contributed by atoms with van der Waals surface area (Å²) >= 11 is 0. The van der Waals surface area contributed by atoms with E-state index in [2.05, 4.69) is 20.0 Å². The molecule has 19 heavy (non-hydrogen) atoms. The minimum Gasteiger partial charge on any atom is -0.481 e. The van der Waals surface area contributed by atoms with Gasteiger partial charge in [0, 0.05) is 18.3 Å². The third-order valence-corrected chi connectivity index (χ3v) is 4.71. The minimum absolute atomic E-state index is 0.0578. The van der Waals surface area contributed by atoms with E-state index in [9.17, 15) is 8.42 Å². The topological polar surface area (TPSA) is 93.2 Å². The summed E-state index contributed by atoms with van der Waals surface area (Å²) in [6, 6.07) is 1.64. The van der Waals surface area contributed by atoms with Crippen LogP contribution >= 0.6 is 0 Å². The number of hydrogen-bond acceptors (Lipinski definition) is 6. The van der Waals surface area contributed by atoms with Crippen LogP contribution in [0.4, 0.5) is 5.95 Å². The van der Waals surface area contributed by atoms with Crippen LogP contribution in [0.2, 0.25) is 0 Å². The van der Waals surface area contributed by atoms with Crippen LogP contribution in [0.1, 0.15) is 18.5 Å². The average molecular weight is 286 g/mol. The predicted octanol–water partition coefficient (Wildman–Crippen LogP) is 0.287. The summed E-state index contributed by atoms with van der Waals surface area (Å²) in [4.78, 5) is 8.05. The molecule has 8 heteroatoms. The second kappa shape index (κ2) is 5.70. The molecule has 2 N–H and O–H groups in total. The zero-order valence-corrected chi connectivity index (χ0v) is 11.8. The van der Waals surface area contributed by atoms with Gasteiger partial charge < -0.3 is 10.1 Å². The van der Waals surface area contributed by atoms with Crippen LogP contribution in [0.15, 0.2) is 6.07 Å². The van der Waals surface area contributed by atoms with Crippen molar-refractivity contribution in [2.45, 2.75) is 25.0 Å². The summed E-state index contributed by atoms with van der Waals surface area (Å²) in [6.45, 7) is 3.07. The van der Waals surface area contributed by atoms with E-state index in [1.807, 2.05) is 0 Å². The van der Waals surface area contributed by atoms with Crippen LogP contribution in [0.25, 0.3) is 0 Å². The molecule has 1 atom stereocenters. The Bertz CT molecular complexity index is 541. The van der Waals surface area contributed by atoms with Crippen LogP contribution < -0.4 is 14.8 Å². The Balaban J connectivity index is 2.17. The van der Waals surface area contributed by atoms with Crippen LogP contribution in [0, 0.1) is 6.92 Å². The highest BCUT2D eigenvalue weighted by atomic mass is 32.2. The van der Waals surface area contributed by atoms with E-state index in [4.69, 9.17) is 4.74 Å². The average Bonchev–Trinajstić information content (AvgIpc) is 2.38. The van der Waals surface area contributed by atoms with Gasteiger partial charge in [-0.3, -0.25) is 4.72 Å². The normalized spacial score (nSPS) is 20.0. The summed E-state index contributed by atoms with van der Waals surface area (Å²) in [5, 5.41) is 2.63. The quantitative estimate of drug-likeness (QED) is 0.826. The van der Waals surface area contributed by atoms with Crippen molar-refractivity contribution in [3.05, 3.63) is 11.8 Å². The summed E-state index contributed by atoms with van der Waals surface area (Å²) in [6.07, 6.45) is 1.49. The third-order valence-electron chi connectivity index (χ3n) is 2.96. The highest BCUT2D eigenvalue weighted by Gasteiger charge is 2.28. The molecule has 1 aromatic rings. The number of sulfonamides is 1. The fraction of sp³-hybridized carbons (Fsp3) is 0.636. The smallest absolute Gasteiger partial charge is 0.240 e. The largest absolute Gasteiger partial charge is 0.481 e. The maximum Gasteiger partial charge on any atom is 0.240 e. The molecule has 2 heterocycles. The van der Waals surface area contributed by atoms with E-state index in [1.54, 1.807) is 13.0 Å². The molecule has 0 amide bonds. The van der Waals surface area contributed by atoms with Gasteiger partial charge in [-0.15, -0.1) is 0 Å². The van der Waals surface area contributed by atoms with Gasteiger partial charge in [0.1, 0.15) is 0 Å². The van der Waals surface area contributed by atoms with Crippen molar-refractivity contribution >= 4 is 16.0 Å². The van der Waals surface area contributed by atoms with Crippen molar-refractivity contribution in [3.63, 3.8) is 0 Å². The second-order valence-corrected chi connectivity index (χ2v) is 6.45. The van der Waals surface area contributed by atoms with Crippen LogP contribution in [0.3, 0.4) is 0 Å². The standard InChI is InChI=1S/C11H18N4O3S/c1-8-6-10(18-2)14-11(13-8)15-19(16,17)9-4-3-5-12-7-9/h6,9,12H,3-5,7H2,1-2H3,(H,13,14,15). The van der Waals surface area contributed by atoms with Crippen LogP contribution in [-0.4, -0.2) is 43.8 Å². The molecule has 1 aliphatic heterocycles. The Morgan fingerprint density at radius 3 is 2.89 bits per heavy atom. The lowest BCUT2D eigenvalue weighted by Crippen LogP contribution is -2.41. The van der Waals surface area contributed by atoms with E-state index >= 15 is 0 Å². The molecule has 1 saturated heterocycles. The molecule has 0 spiro atoms. The number of aromatic nitrogens is 2. The Hall–Kier alpha value is -1.41. The summed E-state index contributed by atoms with van der Waals surface area (Å²) < 4.78 is 31.8. The first-order valence-electron chi connectivity index (χ1n) is 6.13. The molecule has 2 rings (SSSR count). The first-order valence-corrected chi connectivity index (χ1v) is 7.68. The fourth-order valence-corrected chi connectivity index (χ4v) is 3.31. The zero-order chi connectivity index (χ0) is 13.9. The van der Waals surface area contributed by atoms with Gasteiger partial charge in [0.05, 0.1) is 12.4 Å². The first-order chi connectivity index (χ1) is 9.01. The number of ether oxygens (including phenoxy) is 1. The van der Waals surface area contributed by atoms with Crippen molar-refractivity contribution in [1.29, 1.82) is 0 Å². The van der Waals surface area contributed by atoms with Crippen LogP contribution in [0.5, 0.6) is 5.88 Å². The molecule has 0 radical (unpaired) electrons. The Morgan fingerprint density at radius 1 is 1.47 bits per heavy atom. The van der Waals surface area contributed by atoms with Crippen LogP contribution in [-0.2, 0) is 10.0 Å². The molecule has 0 aliphatic carbocycles. The first kappa shape index (κ1) is 14.0. The molecule has 1 aliphatic rings. The molecule has 1 aromatic heterocycles. The summed E-state index contributed by atoms with van der Waals surface area (Å²) in [5.74, 6) is 0.398. The van der Waals surface area contributed by atoms with Gasteiger partial charge in [0.15, 0.2) is 0 Å². The van der Waals surface area contributed by atoms with E-state index in [1.165, 1.54) is 7.11 Å². The summed E-state index contributed by atoms with van der Waals surface area (Å²) in [7, 11) is -1.99. The molecule has 0 aromatic carbocycles. The molecule has 7 nitrogen and oxygen atoms in total. The summed E-state index contributed by atoms with van der Waals surface area (Å²) in [5.41, 5.74) is 0.645. The van der Waals surface area contributed by atoms with E-state index in [0.717, 1.165) is 13.0 Å². The Morgan fingerprint density at radius 2 is 2.26 bits per heavy atom. The third kappa shape index (κ3) is 3.54. The van der Waals surface area contributed by atoms with Gasteiger partial charge in [-0.05, 0) is 26.3 Å². The minimum atomic E-state index is -3.47. The zero-order valence-electron chi connectivity index (χ0n) is 11.0. The highest BCUT2D eigenvalue weighted by Crippen LogP contribution is 2.16. The molecule has 0 saturated carbocycles. The van der Waals surface area contributed by atoms with E-state index in [-0.39, 0.29) is 5.95 Å². The van der Waals surface area contributed by atoms with Gasteiger partial charge in [-0.2, -0.15) is 4.98 Å². The maximum atomic E-state index is 12.2. The number of anilines is 1.